The molecule has 1 saturated heterocycles. The van der Waals surface area contributed by atoms with E-state index < -0.39 is 116 Å². The molecule has 7 unspecified atom stereocenters. The highest BCUT2D eigenvalue weighted by Gasteiger charge is 2.37. The maximum absolute atomic E-state index is 13.0. The zero-order valence-electron chi connectivity index (χ0n) is 25.2. The Bertz CT molecular complexity index is 1140. The second-order valence-electron chi connectivity index (χ2n) is 10.3. The number of likely N-dealkylation sites (tertiary alicyclic amines) is 1. The molecule has 20 nitrogen and oxygen atoms in total. The lowest BCUT2D eigenvalue weighted by Crippen LogP contribution is -2.61. The molecule has 7 atom stereocenters. The number of aliphatic carboxylic acids is 1. The summed E-state index contributed by atoms with van der Waals surface area (Å²) in [4.78, 5) is 99.5. The molecule has 0 aromatic rings. The predicted octanol–water partition coefficient (Wildman–Crippen LogP) is -7.12. The van der Waals surface area contributed by atoms with Crippen LogP contribution in [0.3, 0.4) is 0 Å². The SMILES string of the molecule is CC(N)C(=O)NC(CS)C(=O)NCC(=O)N1CCCC1C(=O)NC(CO)C(=O)NC(C(=O)NC(CO)C(=O)NCC(=O)O)C(C)O. The number of aliphatic hydroxyl groups is 3. The normalized spacial score (nSPS) is 18.1. The molecule has 7 amide bonds. The third kappa shape index (κ3) is 12.4. The van der Waals surface area contributed by atoms with E-state index in [2.05, 4.69) is 39.2 Å². The van der Waals surface area contributed by atoms with E-state index in [1.54, 1.807) is 0 Å². The van der Waals surface area contributed by atoms with E-state index >= 15 is 0 Å². The number of nitrogens with two attached hydrogens (primary N) is 1. The highest BCUT2D eigenvalue weighted by atomic mass is 32.1. The lowest BCUT2D eigenvalue weighted by Gasteiger charge is -2.28. The Labute approximate surface area is 269 Å². The van der Waals surface area contributed by atoms with Gasteiger partial charge in [-0.25, -0.2) is 0 Å². The lowest BCUT2D eigenvalue weighted by molar-refractivity contribution is -0.141. The lowest BCUT2D eigenvalue weighted by atomic mass is 10.1. The zero-order chi connectivity index (χ0) is 35.1. The van der Waals surface area contributed by atoms with Gasteiger partial charge in [-0.05, 0) is 26.7 Å². The van der Waals surface area contributed by atoms with Crippen molar-refractivity contribution >= 4 is 59.9 Å². The number of carboxylic acid groups (broad SMARTS) is 1. The van der Waals surface area contributed by atoms with Crippen molar-refractivity contribution < 1.29 is 58.8 Å². The number of carbonyl (C=O) groups is 8. The van der Waals surface area contributed by atoms with Crippen LogP contribution in [0.2, 0.25) is 0 Å². The van der Waals surface area contributed by atoms with E-state index in [0.717, 1.165) is 11.8 Å². The number of carbonyl (C=O) groups excluding carboxylic acids is 7. The third-order valence-electron chi connectivity index (χ3n) is 6.63. The fourth-order valence-electron chi connectivity index (χ4n) is 4.09. The van der Waals surface area contributed by atoms with Gasteiger partial charge in [0.05, 0.1) is 31.9 Å². The minimum Gasteiger partial charge on any atom is -0.480 e. The van der Waals surface area contributed by atoms with Crippen LogP contribution in [-0.2, 0) is 38.4 Å². The fraction of sp³-hybridized carbons (Fsp3) is 0.680. The molecule has 1 heterocycles. The number of hydrogen-bond donors (Lipinski definition) is 12. The van der Waals surface area contributed by atoms with Crippen LogP contribution in [0.25, 0.3) is 0 Å². The maximum atomic E-state index is 13.0. The van der Waals surface area contributed by atoms with E-state index in [0.29, 0.717) is 6.42 Å². The van der Waals surface area contributed by atoms with Gasteiger partial charge >= 0.3 is 5.97 Å². The molecule has 1 rings (SSSR count). The first-order valence-corrected chi connectivity index (χ1v) is 14.7. The van der Waals surface area contributed by atoms with Gasteiger partial charge in [0, 0.05) is 12.3 Å². The molecule has 0 spiro atoms. The van der Waals surface area contributed by atoms with E-state index in [1.165, 1.54) is 6.92 Å². The monoisotopic (exact) mass is 678 g/mol. The van der Waals surface area contributed by atoms with E-state index in [1.807, 2.05) is 5.32 Å². The Morgan fingerprint density at radius 2 is 1.35 bits per heavy atom. The molecule has 0 bridgehead atoms. The summed E-state index contributed by atoms with van der Waals surface area (Å²) in [6.45, 7) is -0.576. The number of nitrogens with zero attached hydrogens (tertiary/aromatic N) is 1. The summed E-state index contributed by atoms with van der Waals surface area (Å²) in [7, 11) is 0. The fourth-order valence-corrected chi connectivity index (χ4v) is 4.34. The number of rotatable bonds is 18. The number of amides is 7. The third-order valence-corrected chi connectivity index (χ3v) is 6.99. The molecular weight excluding hydrogens is 636 g/mol. The first-order chi connectivity index (χ1) is 21.6. The van der Waals surface area contributed by atoms with Gasteiger partial charge in [0.2, 0.25) is 41.4 Å². The molecule has 0 saturated carbocycles. The van der Waals surface area contributed by atoms with Crippen LogP contribution in [0.4, 0.5) is 0 Å². The first-order valence-electron chi connectivity index (χ1n) is 14.1. The molecule has 1 aliphatic heterocycles. The van der Waals surface area contributed by atoms with Gasteiger partial charge in [0.25, 0.3) is 0 Å². The Balaban J connectivity index is 2.84. The Kier molecular flexibility index (Phi) is 16.9. The van der Waals surface area contributed by atoms with Crippen LogP contribution < -0.4 is 37.6 Å². The summed E-state index contributed by atoms with van der Waals surface area (Å²) in [5, 5.41) is 51.1. The largest absolute Gasteiger partial charge is 0.480 e. The minimum atomic E-state index is -1.74. The molecule has 1 aliphatic rings. The number of aliphatic hydroxyl groups excluding tert-OH is 3. The van der Waals surface area contributed by atoms with Crippen LogP contribution in [-0.4, -0.2) is 154 Å². The summed E-state index contributed by atoms with van der Waals surface area (Å²) < 4.78 is 0. The van der Waals surface area contributed by atoms with Crippen molar-refractivity contribution in [3.63, 3.8) is 0 Å². The molecule has 260 valence electrons. The molecule has 0 aromatic heterocycles. The number of thiol groups is 1. The van der Waals surface area contributed by atoms with Crippen molar-refractivity contribution in [2.75, 3.05) is 38.6 Å². The zero-order valence-corrected chi connectivity index (χ0v) is 26.1. The van der Waals surface area contributed by atoms with Gasteiger partial charge < -0.3 is 63.0 Å². The van der Waals surface area contributed by atoms with Crippen molar-refractivity contribution in [3.05, 3.63) is 0 Å². The standard InChI is InChI=1S/C25H42N8O12S/c1-11(26)20(40)31-15(10-46)22(42)27-6-17(37)33-5-3-4-16(33)24(44)29-14(9-35)23(43)32-19(12(2)36)25(45)30-13(8-34)21(41)28-7-18(38)39/h11-16,19,34-36,46H,3-10,26H2,1-2H3,(H,27,42)(H,28,41)(H,29,44)(H,30,45)(H,31,40)(H,32,43)(H,38,39). The molecular formula is C25H42N8O12S. The predicted molar refractivity (Wildman–Crippen MR) is 159 cm³/mol. The number of nitrogens with one attached hydrogen (secondary N) is 6. The minimum absolute atomic E-state index is 0.0838. The second kappa shape index (κ2) is 19.5. The highest BCUT2D eigenvalue weighted by molar-refractivity contribution is 7.80. The van der Waals surface area contributed by atoms with Crippen molar-refractivity contribution in [3.8, 4) is 0 Å². The maximum Gasteiger partial charge on any atom is 0.322 e. The number of hydrogen-bond acceptors (Lipinski definition) is 13. The van der Waals surface area contributed by atoms with Crippen molar-refractivity contribution in [2.24, 2.45) is 5.73 Å². The van der Waals surface area contributed by atoms with Crippen molar-refractivity contribution in [1.29, 1.82) is 0 Å². The van der Waals surface area contributed by atoms with Crippen LogP contribution in [0.15, 0.2) is 0 Å². The van der Waals surface area contributed by atoms with Crippen LogP contribution in [0.1, 0.15) is 26.7 Å². The van der Waals surface area contributed by atoms with Crippen LogP contribution >= 0.6 is 12.6 Å². The molecule has 0 aliphatic carbocycles. The molecule has 12 N–H and O–H groups in total. The first kappa shape index (κ1) is 40.0. The van der Waals surface area contributed by atoms with Crippen LogP contribution in [0.5, 0.6) is 0 Å². The molecule has 0 radical (unpaired) electrons. The molecule has 1 fully saturated rings. The Morgan fingerprint density at radius 1 is 0.804 bits per heavy atom. The Hall–Kier alpha value is -4.05. The van der Waals surface area contributed by atoms with Gasteiger partial charge in [0.15, 0.2) is 0 Å². The van der Waals surface area contributed by atoms with Gasteiger partial charge in [0.1, 0.15) is 36.8 Å². The smallest absolute Gasteiger partial charge is 0.322 e. The van der Waals surface area contributed by atoms with Crippen LogP contribution in [0, 0.1) is 0 Å². The molecule has 0 aromatic carbocycles. The van der Waals surface area contributed by atoms with Crippen molar-refractivity contribution in [2.45, 2.75) is 69.0 Å². The van der Waals surface area contributed by atoms with Gasteiger partial charge in [-0.3, -0.25) is 38.4 Å². The summed E-state index contributed by atoms with van der Waals surface area (Å²) in [5.74, 6) is -7.60. The quantitative estimate of drug-likeness (QED) is 0.0601. The average molecular weight is 679 g/mol. The summed E-state index contributed by atoms with van der Waals surface area (Å²) in [6.07, 6.45) is -0.999. The summed E-state index contributed by atoms with van der Waals surface area (Å²) in [6, 6.07) is -8.08. The number of carboxylic acids is 1. The second-order valence-corrected chi connectivity index (χ2v) is 10.7. The van der Waals surface area contributed by atoms with E-state index in [-0.39, 0.29) is 18.7 Å². The molecule has 46 heavy (non-hydrogen) atoms. The highest BCUT2D eigenvalue weighted by Crippen LogP contribution is 2.17. The van der Waals surface area contributed by atoms with Crippen molar-refractivity contribution in [1.82, 2.24) is 36.8 Å². The average Bonchev–Trinajstić information content (AvgIpc) is 3.51. The summed E-state index contributed by atoms with van der Waals surface area (Å²) >= 11 is 4.01. The van der Waals surface area contributed by atoms with Gasteiger partial charge in [-0.2, -0.15) is 12.6 Å². The topological polar surface area (TPSA) is 319 Å². The van der Waals surface area contributed by atoms with E-state index in [4.69, 9.17) is 10.8 Å². The Morgan fingerprint density at radius 3 is 1.87 bits per heavy atom. The van der Waals surface area contributed by atoms with E-state index in [9.17, 15) is 53.7 Å². The molecule has 21 heteroatoms. The van der Waals surface area contributed by atoms with Gasteiger partial charge in [-0.1, -0.05) is 0 Å². The van der Waals surface area contributed by atoms with Gasteiger partial charge in [-0.15, -0.1) is 0 Å². The summed E-state index contributed by atoms with van der Waals surface area (Å²) in [5.41, 5.74) is 5.48.